The Labute approximate surface area is 136 Å². The van der Waals surface area contributed by atoms with Crippen LogP contribution in [0.2, 0.25) is 0 Å². The number of anilines is 2. The maximum atomic E-state index is 12.2. The molecular formula is C15H14N4O3S. The fourth-order valence-corrected chi connectivity index (χ4v) is 3.28. The lowest BCUT2D eigenvalue weighted by molar-refractivity contribution is 0.102. The van der Waals surface area contributed by atoms with Crippen LogP contribution in [0.15, 0.2) is 24.3 Å². The average molecular weight is 330 g/mol. The summed E-state index contributed by atoms with van der Waals surface area (Å²) in [5.74, 6) is 0.289. The van der Waals surface area contributed by atoms with Crippen molar-refractivity contribution < 1.29 is 14.3 Å². The standard InChI is InChI=1S/C15H14N4O3S/c20-12(16-14-18-17-13(23-14)10-1-2-10)9-3-5-11(6-4-9)19-7-8-22-15(19)21/h3-6,10H,1-2,7-8H2,(H,16,18,20). The van der Waals surface area contributed by atoms with E-state index in [4.69, 9.17) is 4.74 Å². The van der Waals surface area contributed by atoms with E-state index in [1.165, 1.54) is 16.2 Å². The average Bonchev–Trinajstić information content (AvgIpc) is 3.16. The van der Waals surface area contributed by atoms with E-state index in [0.29, 0.717) is 29.8 Å². The van der Waals surface area contributed by atoms with Crippen LogP contribution in [0, 0.1) is 0 Å². The van der Waals surface area contributed by atoms with Gasteiger partial charge in [-0.3, -0.25) is 15.0 Å². The molecule has 4 rings (SSSR count). The Bertz CT molecular complexity index is 754. The number of carbonyl (C=O) groups excluding carboxylic acids is 2. The van der Waals surface area contributed by atoms with E-state index in [1.54, 1.807) is 24.3 Å². The Hall–Kier alpha value is -2.48. The Morgan fingerprint density at radius 2 is 2.04 bits per heavy atom. The molecule has 7 nitrogen and oxygen atoms in total. The number of amides is 2. The number of nitrogens with one attached hydrogen (secondary N) is 1. The van der Waals surface area contributed by atoms with Crippen LogP contribution in [0.4, 0.5) is 15.6 Å². The van der Waals surface area contributed by atoms with Crippen molar-refractivity contribution in [1.29, 1.82) is 0 Å². The molecule has 2 heterocycles. The molecule has 118 valence electrons. The molecule has 0 spiro atoms. The van der Waals surface area contributed by atoms with Crippen LogP contribution < -0.4 is 10.2 Å². The van der Waals surface area contributed by atoms with Crippen LogP contribution in [-0.4, -0.2) is 35.3 Å². The van der Waals surface area contributed by atoms with Gasteiger partial charge in [-0.1, -0.05) is 11.3 Å². The highest BCUT2D eigenvalue weighted by molar-refractivity contribution is 7.15. The number of nitrogens with zero attached hydrogens (tertiary/aromatic N) is 3. The first-order chi connectivity index (χ1) is 11.2. The quantitative estimate of drug-likeness (QED) is 0.931. The van der Waals surface area contributed by atoms with Gasteiger partial charge in [-0.2, -0.15) is 0 Å². The van der Waals surface area contributed by atoms with E-state index >= 15 is 0 Å². The molecule has 1 aliphatic carbocycles. The van der Waals surface area contributed by atoms with E-state index in [2.05, 4.69) is 15.5 Å². The van der Waals surface area contributed by atoms with Crippen LogP contribution in [0.5, 0.6) is 0 Å². The van der Waals surface area contributed by atoms with Crippen molar-refractivity contribution >= 4 is 34.2 Å². The lowest BCUT2D eigenvalue weighted by Crippen LogP contribution is -2.23. The molecule has 0 atom stereocenters. The lowest BCUT2D eigenvalue weighted by Gasteiger charge is -2.12. The maximum Gasteiger partial charge on any atom is 0.414 e. The molecule has 1 N–H and O–H groups in total. The highest BCUT2D eigenvalue weighted by Gasteiger charge is 2.28. The summed E-state index contributed by atoms with van der Waals surface area (Å²) in [6.45, 7) is 0.917. The fourth-order valence-electron chi connectivity index (χ4n) is 2.37. The molecule has 23 heavy (non-hydrogen) atoms. The van der Waals surface area contributed by atoms with E-state index in [1.807, 2.05) is 0 Å². The SMILES string of the molecule is O=C(Nc1nnc(C2CC2)s1)c1ccc(N2CCOC2=O)cc1. The largest absolute Gasteiger partial charge is 0.447 e. The zero-order valence-electron chi connectivity index (χ0n) is 12.2. The van der Waals surface area contributed by atoms with E-state index < -0.39 is 0 Å². The third kappa shape index (κ3) is 2.89. The molecule has 2 fully saturated rings. The number of hydrogen-bond donors (Lipinski definition) is 1. The topological polar surface area (TPSA) is 84.4 Å². The summed E-state index contributed by atoms with van der Waals surface area (Å²) in [6, 6.07) is 6.83. The minimum absolute atomic E-state index is 0.237. The van der Waals surface area contributed by atoms with Gasteiger partial charge in [0, 0.05) is 17.2 Å². The molecule has 2 aromatic rings. The number of aromatic nitrogens is 2. The van der Waals surface area contributed by atoms with E-state index in [9.17, 15) is 9.59 Å². The van der Waals surface area contributed by atoms with Gasteiger partial charge in [0.1, 0.15) is 11.6 Å². The van der Waals surface area contributed by atoms with Gasteiger partial charge in [0.2, 0.25) is 5.13 Å². The van der Waals surface area contributed by atoms with Gasteiger partial charge in [0.05, 0.1) is 6.54 Å². The van der Waals surface area contributed by atoms with Crippen LogP contribution >= 0.6 is 11.3 Å². The van der Waals surface area contributed by atoms with Crippen molar-refractivity contribution in [3.8, 4) is 0 Å². The summed E-state index contributed by atoms with van der Waals surface area (Å²) in [5.41, 5.74) is 1.22. The third-order valence-corrected chi connectivity index (χ3v) is 4.79. The van der Waals surface area contributed by atoms with Gasteiger partial charge >= 0.3 is 6.09 Å². The van der Waals surface area contributed by atoms with E-state index in [0.717, 1.165) is 23.5 Å². The Kier molecular flexibility index (Phi) is 3.45. The smallest absolute Gasteiger partial charge is 0.414 e. The van der Waals surface area contributed by atoms with Gasteiger partial charge < -0.3 is 4.74 Å². The van der Waals surface area contributed by atoms with Gasteiger partial charge in [0.15, 0.2) is 0 Å². The van der Waals surface area contributed by atoms with Crippen molar-refractivity contribution in [3.05, 3.63) is 34.8 Å². The van der Waals surface area contributed by atoms with Gasteiger partial charge in [-0.05, 0) is 37.1 Å². The monoisotopic (exact) mass is 330 g/mol. The minimum atomic E-state index is -0.358. The summed E-state index contributed by atoms with van der Waals surface area (Å²) in [5, 5.41) is 12.4. The zero-order valence-corrected chi connectivity index (χ0v) is 13.0. The molecule has 0 bridgehead atoms. The lowest BCUT2D eigenvalue weighted by atomic mass is 10.2. The second kappa shape index (κ2) is 5.62. The summed E-state index contributed by atoms with van der Waals surface area (Å²) in [6.07, 6.45) is 1.95. The first-order valence-electron chi connectivity index (χ1n) is 7.40. The van der Waals surface area contributed by atoms with Gasteiger partial charge in [-0.25, -0.2) is 4.79 Å². The molecule has 1 aromatic heterocycles. The van der Waals surface area contributed by atoms with Gasteiger partial charge in [0.25, 0.3) is 5.91 Å². The molecule has 0 unspecified atom stereocenters. The van der Waals surface area contributed by atoms with Crippen molar-refractivity contribution in [3.63, 3.8) is 0 Å². The molecule has 8 heteroatoms. The molecule has 1 saturated carbocycles. The normalized spacial score (nSPS) is 17.2. The van der Waals surface area contributed by atoms with Crippen molar-refractivity contribution in [2.24, 2.45) is 0 Å². The van der Waals surface area contributed by atoms with Crippen molar-refractivity contribution in [2.45, 2.75) is 18.8 Å². The molecular weight excluding hydrogens is 316 g/mol. The second-order valence-corrected chi connectivity index (χ2v) is 6.50. The molecule has 2 aliphatic rings. The predicted molar refractivity (Wildman–Crippen MR) is 85.0 cm³/mol. The van der Waals surface area contributed by atoms with Crippen LogP contribution in [0.25, 0.3) is 0 Å². The zero-order chi connectivity index (χ0) is 15.8. The molecule has 0 radical (unpaired) electrons. The summed E-state index contributed by atoms with van der Waals surface area (Å²) >= 11 is 1.43. The molecule has 1 aromatic carbocycles. The van der Waals surface area contributed by atoms with Crippen LogP contribution in [-0.2, 0) is 4.74 Å². The maximum absolute atomic E-state index is 12.2. The molecule has 2 amide bonds. The van der Waals surface area contributed by atoms with Gasteiger partial charge in [-0.15, -0.1) is 10.2 Å². The fraction of sp³-hybridized carbons (Fsp3) is 0.333. The highest BCUT2D eigenvalue weighted by Crippen LogP contribution is 2.42. The molecule has 1 aliphatic heterocycles. The molecule has 1 saturated heterocycles. The number of cyclic esters (lactones) is 1. The Morgan fingerprint density at radius 1 is 1.26 bits per heavy atom. The van der Waals surface area contributed by atoms with Crippen LogP contribution in [0.1, 0.15) is 34.1 Å². The van der Waals surface area contributed by atoms with Crippen LogP contribution in [0.3, 0.4) is 0 Å². The third-order valence-electron chi connectivity index (χ3n) is 3.79. The first kappa shape index (κ1) is 14.1. The summed E-state index contributed by atoms with van der Waals surface area (Å²) < 4.78 is 4.90. The number of hydrogen-bond acceptors (Lipinski definition) is 6. The number of benzene rings is 1. The summed E-state index contributed by atoms with van der Waals surface area (Å²) in [4.78, 5) is 25.3. The van der Waals surface area contributed by atoms with Crippen molar-refractivity contribution in [1.82, 2.24) is 10.2 Å². The Balaban J connectivity index is 1.44. The number of ether oxygens (including phenoxy) is 1. The van der Waals surface area contributed by atoms with E-state index in [-0.39, 0.29) is 12.0 Å². The second-order valence-electron chi connectivity index (χ2n) is 5.49. The highest BCUT2D eigenvalue weighted by atomic mass is 32.1. The van der Waals surface area contributed by atoms with Crippen molar-refractivity contribution in [2.75, 3.05) is 23.4 Å². The Morgan fingerprint density at radius 3 is 2.70 bits per heavy atom. The number of carbonyl (C=O) groups is 2. The predicted octanol–water partition coefficient (Wildman–Crippen LogP) is 2.62. The number of rotatable bonds is 4. The summed E-state index contributed by atoms with van der Waals surface area (Å²) in [7, 11) is 0. The minimum Gasteiger partial charge on any atom is -0.447 e. The first-order valence-corrected chi connectivity index (χ1v) is 8.21.